The van der Waals surface area contributed by atoms with Gasteiger partial charge in [-0.1, -0.05) is 13.8 Å². The van der Waals surface area contributed by atoms with E-state index >= 15 is 0 Å². The first kappa shape index (κ1) is 15.4. The summed E-state index contributed by atoms with van der Waals surface area (Å²) in [5.41, 5.74) is 0.706. The zero-order valence-corrected chi connectivity index (χ0v) is 13.2. The third kappa shape index (κ3) is 4.53. The molecule has 0 saturated carbocycles. The van der Waals surface area contributed by atoms with E-state index in [2.05, 4.69) is 39.8 Å². The summed E-state index contributed by atoms with van der Waals surface area (Å²) < 4.78 is 2.60. The molecule has 1 aromatic heterocycles. The fourth-order valence-electron chi connectivity index (χ4n) is 1.64. The van der Waals surface area contributed by atoms with Crippen molar-refractivity contribution in [2.24, 2.45) is 5.92 Å². The van der Waals surface area contributed by atoms with E-state index in [0.29, 0.717) is 18.0 Å². The van der Waals surface area contributed by atoms with Gasteiger partial charge in [-0.25, -0.2) is 0 Å². The lowest BCUT2D eigenvalue weighted by Gasteiger charge is -2.12. The quantitative estimate of drug-likeness (QED) is 0.726. The number of nitrogens with zero attached hydrogens (tertiary/aromatic N) is 3. The fourth-order valence-corrected chi connectivity index (χ4v) is 2.16. The molecule has 0 atom stereocenters. The highest BCUT2D eigenvalue weighted by molar-refractivity contribution is 9.10. The number of carbonyl (C=O) groups excluding carboxylic acids is 1. The number of Topliss-reactive ketones (excluding diaryl/α,β-unsaturated/α-hetero) is 1. The van der Waals surface area contributed by atoms with Crippen molar-refractivity contribution in [1.82, 2.24) is 14.7 Å². The minimum atomic E-state index is 0.173. The molecule has 0 aliphatic rings. The standard InChI is InChI=1S/C13H22BrN3O/c1-10(2)5-6-12(18)13-11(14)9-15-17(13)8-7-16(3)4/h9-10H,5-8H2,1-4H3. The maximum atomic E-state index is 12.2. The Bertz CT molecular complexity index is 399. The van der Waals surface area contributed by atoms with Crippen molar-refractivity contribution in [3.63, 3.8) is 0 Å². The van der Waals surface area contributed by atoms with Crippen LogP contribution in [0.2, 0.25) is 0 Å². The number of hydrogen-bond acceptors (Lipinski definition) is 3. The Hall–Kier alpha value is -0.680. The summed E-state index contributed by atoms with van der Waals surface area (Å²) in [6, 6.07) is 0. The normalized spacial score (nSPS) is 11.5. The van der Waals surface area contributed by atoms with Crippen LogP contribution < -0.4 is 0 Å². The van der Waals surface area contributed by atoms with E-state index in [9.17, 15) is 4.79 Å². The van der Waals surface area contributed by atoms with Crippen molar-refractivity contribution < 1.29 is 4.79 Å². The molecule has 1 aromatic rings. The second-order valence-electron chi connectivity index (χ2n) is 5.22. The minimum absolute atomic E-state index is 0.173. The monoisotopic (exact) mass is 315 g/mol. The van der Waals surface area contributed by atoms with E-state index in [0.717, 1.165) is 24.0 Å². The largest absolute Gasteiger partial charge is 0.308 e. The lowest BCUT2D eigenvalue weighted by Crippen LogP contribution is -2.21. The van der Waals surface area contributed by atoms with Crippen LogP contribution in [0.3, 0.4) is 0 Å². The molecule has 1 rings (SSSR count). The Balaban J connectivity index is 2.73. The average molecular weight is 316 g/mol. The van der Waals surface area contributed by atoms with E-state index < -0.39 is 0 Å². The van der Waals surface area contributed by atoms with Crippen LogP contribution in [0.15, 0.2) is 10.7 Å². The van der Waals surface area contributed by atoms with E-state index in [1.54, 1.807) is 10.9 Å². The molecule has 0 amide bonds. The maximum Gasteiger partial charge on any atom is 0.182 e. The van der Waals surface area contributed by atoms with Gasteiger partial charge in [0.25, 0.3) is 0 Å². The van der Waals surface area contributed by atoms with Crippen molar-refractivity contribution in [3.05, 3.63) is 16.4 Å². The van der Waals surface area contributed by atoms with Crippen molar-refractivity contribution in [3.8, 4) is 0 Å². The summed E-state index contributed by atoms with van der Waals surface area (Å²) in [4.78, 5) is 14.3. The predicted octanol–water partition coefficient (Wildman–Crippen LogP) is 2.83. The molecule has 0 spiro atoms. The zero-order chi connectivity index (χ0) is 13.7. The molecule has 0 radical (unpaired) electrons. The molecular formula is C13H22BrN3O. The lowest BCUT2D eigenvalue weighted by atomic mass is 10.0. The van der Waals surface area contributed by atoms with Gasteiger partial charge in [0.15, 0.2) is 5.78 Å². The Morgan fingerprint density at radius 3 is 2.72 bits per heavy atom. The number of rotatable bonds is 7. The van der Waals surface area contributed by atoms with Gasteiger partial charge in [-0.2, -0.15) is 5.10 Å². The SMILES string of the molecule is CC(C)CCC(=O)c1c(Br)cnn1CCN(C)C. The number of carbonyl (C=O) groups is 1. The predicted molar refractivity (Wildman–Crippen MR) is 76.9 cm³/mol. The van der Waals surface area contributed by atoms with Crippen molar-refractivity contribution in [2.75, 3.05) is 20.6 Å². The number of aromatic nitrogens is 2. The summed E-state index contributed by atoms with van der Waals surface area (Å²) in [6.45, 7) is 5.87. The molecule has 0 bridgehead atoms. The summed E-state index contributed by atoms with van der Waals surface area (Å²) >= 11 is 3.41. The van der Waals surface area contributed by atoms with Gasteiger partial charge in [-0.15, -0.1) is 0 Å². The minimum Gasteiger partial charge on any atom is -0.308 e. The van der Waals surface area contributed by atoms with E-state index in [-0.39, 0.29) is 5.78 Å². The zero-order valence-electron chi connectivity index (χ0n) is 11.6. The third-order valence-electron chi connectivity index (χ3n) is 2.77. The molecule has 0 aliphatic heterocycles. The second-order valence-corrected chi connectivity index (χ2v) is 6.08. The summed E-state index contributed by atoms with van der Waals surface area (Å²) in [7, 11) is 4.03. The lowest BCUT2D eigenvalue weighted by molar-refractivity contribution is 0.0963. The Labute approximate surface area is 117 Å². The maximum absolute atomic E-state index is 12.2. The molecule has 0 unspecified atom stereocenters. The molecule has 0 saturated heterocycles. The van der Waals surface area contributed by atoms with Crippen molar-refractivity contribution in [1.29, 1.82) is 0 Å². The van der Waals surface area contributed by atoms with Crippen LogP contribution in [0.4, 0.5) is 0 Å². The molecule has 102 valence electrons. The van der Waals surface area contributed by atoms with Gasteiger partial charge in [0.2, 0.25) is 0 Å². The summed E-state index contributed by atoms with van der Waals surface area (Å²) in [5, 5.41) is 4.26. The van der Waals surface area contributed by atoms with Crippen LogP contribution in [0.25, 0.3) is 0 Å². The smallest absolute Gasteiger partial charge is 0.182 e. The Kier molecular flexibility index (Phi) is 6.02. The Morgan fingerprint density at radius 2 is 2.17 bits per heavy atom. The third-order valence-corrected chi connectivity index (χ3v) is 3.35. The number of hydrogen-bond donors (Lipinski definition) is 0. The topological polar surface area (TPSA) is 38.1 Å². The number of ketones is 1. The van der Waals surface area contributed by atoms with E-state index in [4.69, 9.17) is 0 Å². The molecule has 1 heterocycles. The van der Waals surface area contributed by atoms with Crippen molar-refractivity contribution in [2.45, 2.75) is 33.2 Å². The van der Waals surface area contributed by atoms with Crippen molar-refractivity contribution >= 4 is 21.7 Å². The van der Waals surface area contributed by atoms with Gasteiger partial charge < -0.3 is 4.90 Å². The molecular weight excluding hydrogens is 294 g/mol. The highest BCUT2D eigenvalue weighted by Crippen LogP contribution is 2.19. The van der Waals surface area contributed by atoms with Crippen LogP contribution >= 0.6 is 15.9 Å². The van der Waals surface area contributed by atoms with Gasteiger partial charge >= 0.3 is 0 Å². The van der Waals surface area contributed by atoms with Crippen LogP contribution in [-0.4, -0.2) is 41.1 Å². The van der Waals surface area contributed by atoms with Gasteiger partial charge in [0, 0.05) is 13.0 Å². The molecule has 4 nitrogen and oxygen atoms in total. The van der Waals surface area contributed by atoms with Gasteiger partial charge in [0.05, 0.1) is 17.2 Å². The van der Waals surface area contributed by atoms with Gasteiger partial charge in [0.1, 0.15) is 5.69 Å². The first-order valence-corrected chi connectivity index (χ1v) is 7.10. The van der Waals surface area contributed by atoms with Crippen LogP contribution in [0.5, 0.6) is 0 Å². The molecule has 0 N–H and O–H groups in total. The van der Waals surface area contributed by atoms with Crippen LogP contribution in [0, 0.1) is 5.92 Å². The summed E-state index contributed by atoms with van der Waals surface area (Å²) in [6.07, 6.45) is 3.21. The Morgan fingerprint density at radius 1 is 1.50 bits per heavy atom. The van der Waals surface area contributed by atoms with Crippen LogP contribution in [-0.2, 0) is 6.54 Å². The summed E-state index contributed by atoms with van der Waals surface area (Å²) in [5.74, 6) is 0.720. The number of halogens is 1. The van der Waals surface area contributed by atoms with E-state index in [1.807, 2.05) is 14.1 Å². The van der Waals surface area contributed by atoms with Crippen LogP contribution in [0.1, 0.15) is 37.2 Å². The highest BCUT2D eigenvalue weighted by atomic mass is 79.9. The van der Waals surface area contributed by atoms with Gasteiger partial charge in [-0.05, 0) is 42.4 Å². The fraction of sp³-hybridized carbons (Fsp3) is 0.692. The molecule has 0 aliphatic carbocycles. The number of likely N-dealkylation sites (N-methyl/N-ethyl adjacent to an activating group) is 1. The molecule has 18 heavy (non-hydrogen) atoms. The molecule has 0 fully saturated rings. The molecule has 5 heteroatoms. The van der Waals surface area contributed by atoms with E-state index in [1.165, 1.54) is 0 Å². The second kappa shape index (κ2) is 7.04. The first-order valence-electron chi connectivity index (χ1n) is 6.31. The average Bonchev–Trinajstić information content (AvgIpc) is 2.64. The molecule has 0 aromatic carbocycles. The highest BCUT2D eigenvalue weighted by Gasteiger charge is 2.17. The first-order chi connectivity index (χ1) is 8.41. The van der Waals surface area contributed by atoms with Gasteiger partial charge in [-0.3, -0.25) is 9.48 Å².